The number of carboxylic acids is 1. The van der Waals surface area contributed by atoms with Crippen LogP contribution in [-0.2, 0) is 0 Å². The van der Waals surface area contributed by atoms with Crippen LogP contribution in [0.4, 0.5) is 5.69 Å². The fourth-order valence-electron chi connectivity index (χ4n) is 2.43. The molecule has 6 nitrogen and oxygen atoms in total. The summed E-state index contributed by atoms with van der Waals surface area (Å²) in [5.74, 6) is -1.49. The van der Waals surface area contributed by atoms with E-state index >= 15 is 0 Å². The molecule has 6 heteroatoms. The van der Waals surface area contributed by atoms with Crippen LogP contribution in [-0.4, -0.2) is 26.8 Å². The number of amides is 1. The molecule has 0 bridgehead atoms. The molecule has 0 saturated carbocycles. The highest BCUT2D eigenvalue weighted by Crippen LogP contribution is 2.18. The molecule has 2 N–H and O–H groups in total. The van der Waals surface area contributed by atoms with Gasteiger partial charge in [-0.3, -0.25) is 4.79 Å². The normalized spacial score (nSPS) is 10.4. The van der Waals surface area contributed by atoms with E-state index in [4.69, 9.17) is 0 Å². The number of rotatable bonds is 4. The molecule has 0 atom stereocenters. The molecular weight excluding hydrogens is 306 g/mol. The number of nitrogens with zero attached hydrogens (tertiary/aromatic N) is 2. The number of benzene rings is 2. The first-order valence-corrected chi connectivity index (χ1v) is 7.31. The lowest BCUT2D eigenvalue weighted by molar-refractivity contribution is 0.0698. The molecule has 0 aliphatic heterocycles. The second-order valence-electron chi connectivity index (χ2n) is 5.20. The standard InChI is InChI=1S/C18H15N3O3/c1-12-15(11-19-21(12)13-7-3-2-4-8-13)17(22)20-16-10-6-5-9-14(16)18(23)24/h2-11H,1H3,(H,20,22)(H,23,24). The Hall–Kier alpha value is -3.41. The average molecular weight is 321 g/mol. The van der Waals surface area contributed by atoms with Crippen LogP contribution < -0.4 is 5.32 Å². The van der Waals surface area contributed by atoms with Gasteiger partial charge in [0, 0.05) is 0 Å². The molecule has 120 valence electrons. The molecule has 0 fully saturated rings. The van der Waals surface area contributed by atoms with Gasteiger partial charge in [0.05, 0.1) is 34.4 Å². The van der Waals surface area contributed by atoms with Crippen LogP contribution in [0.3, 0.4) is 0 Å². The molecule has 0 aliphatic rings. The summed E-state index contributed by atoms with van der Waals surface area (Å²) < 4.78 is 1.66. The summed E-state index contributed by atoms with van der Waals surface area (Å²) in [7, 11) is 0. The fraction of sp³-hybridized carbons (Fsp3) is 0.0556. The third-order valence-electron chi connectivity index (χ3n) is 3.66. The highest BCUT2D eigenvalue weighted by atomic mass is 16.4. The highest BCUT2D eigenvalue weighted by Gasteiger charge is 2.17. The Balaban J connectivity index is 1.90. The van der Waals surface area contributed by atoms with Crippen LogP contribution in [0.5, 0.6) is 0 Å². The van der Waals surface area contributed by atoms with E-state index in [1.54, 1.807) is 29.8 Å². The van der Waals surface area contributed by atoms with Gasteiger partial charge in [-0.1, -0.05) is 30.3 Å². The summed E-state index contributed by atoms with van der Waals surface area (Å²) in [6.45, 7) is 1.79. The second kappa shape index (κ2) is 6.37. The van der Waals surface area contributed by atoms with Crippen molar-refractivity contribution in [3.63, 3.8) is 0 Å². The van der Waals surface area contributed by atoms with Crippen molar-refractivity contribution in [1.29, 1.82) is 0 Å². The number of carbonyl (C=O) groups excluding carboxylic acids is 1. The monoisotopic (exact) mass is 321 g/mol. The third-order valence-corrected chi connectivity index (χ3v) is 3.66. The van der Waals surface area contributed by atoms with Crippen molar-refractivity contribution in [1.82, 2.24) is 9.78 Å². The molecule has 0 unspecified atom stereocenters. The van der Waals surface area contributed by atoms with E-state index in [1.807, 2.05) is 30.3 Å². The second-order valence-corrected chi connectivity index (χ2v) is 5.20. The van der Waals surface area contributed by atoms with Gasteiger partial charge >= 0.3 is 5.97 Å². The molecule has 0 spiro atoms. The van der Waals surface area contributed by atoms with Crippen LogP contribution in [0.1, 0.15) is 26.4 Å². The summed E-state index contributed by atoms with van der Waals surface area (Å²) >= 11 is 0. The van der Waals surface area contributed by atoms with Crippen LogP contribution in [0.2, 0.25) is 0 Å². The molecule has 0 saturated heterocycles. The van der Waals surface area contributed by atoms with Crippen molar-refractivity contribution in [2.24, 2.45) is 0 Å². The number of anilines is 1. The lowest BCUT2D eigenvalue weighted by atomic mass is 10.1. The zero-order valence-electron chi connectivity index (χ0n) is 12.9. The van der Waals surface area contributed by atoms with Crippen LogP contribution >= 0.6 is 0 Å². The van der Waals surface area contributed by atoms with Crippen molar-refractivity contribution >= 4 is 17.6 Å². The zero-order chi connectivity index (χ0) is 17.1. The minimum Gasteiger partial charge on any atom is -0.478 e. The van der Waals surface area contributed by atoms with E-state index < -0.39 is 11.9 Å². The Morgan fingerprint density at radius 1 is 1.00 bits per heavy atom. The predicted octanol–water partition coefficient (Wildman–Crippen LogP) is 3.13. The highest BCUT2D eigenvalue weighted by molar-refractivity contribution is 6.08. The van der Waals surface area contributed by atoms with E-state index in [1.165, 1.54) is 12.3 Å². The van der Waals surface area contributed by atoms with Crippen LogP contribution in [0.25, 0.3) is 5.69 Å². The fourth-order valence-corrected chi connectivity index (χ4v) is 2.43. The molecule has 2 aromatic carbocycles. The Bertz CT molecular complexity index is 901. The quantitative estimate of drug-likeness (QED) is 0.773. The average Bonchev–Trinajstić information content (AvgIpc) is 2.97. The van der Waals surface area contributed by atoms with Gasteiger partial charge in [0.15, 0.2) is 0 Å². The lowest BCUT2D eigenvalue weighted by Gasteiger charge is -2.08. The van der Waals surface area contributed by atoms with Gasteiger partial charge in [0.1, 0.15) is 0 Å². The Kier molecular flexibility index (Phi) is 4.11. The van der Waals surface area contributed by atoms with Gasteiger partial charge in [-0.2, -0.15) is 5.10 Å². The maximum atomic E-state index is 12.5. The minimum atomic E-state index is -1.09. The van der Waals surface area contributed by atoms with Gasteiger partial charge in [-0.05, 0) is 31.2 Å². The Morgan fingerprint density at radius 3 is 2.38 bits per heavy atom. The summed E-state index contributed by atoms with van der Waals surface area (Å²) in [5, 5.41) is 16.1. The topological polar surface area (TPSA) is 84.2 Å². The molecule has 0 radical (unpaired) electrons. The summed E-state index contributed by atoms with van der Waals surface area (Å²) in [6.07, 6.45) is 1.47. The van der Waals surface area contributed by atoms with Gasteiger partial charge < -0.3 is 10.4 Å². The largest absolute Gasteiger partial charge is 0.478 e. The number of hydrogen-bond acceptors (Lipinski definition) is 3. The predicted molar refractivity (Wildman–Crippen MR) is 89.7 cm³/mol. The lowest BCUT2D eigenvalue weighted by Crippen LogP contribution is -2.15. The van der Waals surface area contributed by atoms with E-state index in [0.29, 0.717) is 11.3 Å². The maximum Gasteiger partial charge on any atom is 0.337 e. The number of nitrogens with one attached hydrogen (secondary N) is 1. The smallest absolute Gasteiger partial charge is 0.337 e. The first kappa shape index (κ1) is 15.5. The van der Waals surface area contributed by atoms with Crippen molar-refractivity contribution in [3.8, 4) is 5.69 Å². The number of para-hydroxylation sites is 2. The van der Waals surface area contributed by atoms with E-state index in [2.05, 4.69) is 10.4 Å². The molecule has 24 heavy (non-hydrogen) atoms. The minimum absolute atomic E-state index is 0.0407. The van der Waals surface area contributed by atoms with Gasteiger partial charge in [-0.15, -0.1) is 0 Å². The van der Waals surface area contributed by atoms with Gasteiger partial charge in [-0.25, -0.2) is 9.48 Å². The number of aromatic carboxylic acids is 1. The van der Waals surface area contributed by atoms with E-state index in [0.717, 1.165) is 5.69 Å². The van der Waals surface area contributed by atoms with Gasteiger partial charge in [0.2, 0.25) is 0 Å². The Labute approximate surface area is 138 Å². The number of aromatic nitrogens is 2. The number of carboxylic acid groups (broad SMARTS) is 1. The molecule has 3 rings (SSSR count). The van der Waals surface area contributed by atoms with E-state index in [-0.39, 0.29) is 11.3 Å². The van der Waals surface area contributed by atoms with Crippen LogP contribution in [0.15, 0.2) is 60.8 Å². The third kappa shape index (κ3) is 2.89. The summed E-state index contributed by atoms with van der Waals surface area (Å²) in [5.41, 5.74) is 2.20. The molecular formula is C18H15N3O3. The van der Waals surface area contributed by atoms with Crippen molar-refractivity contribution in [3.05, 3.63) is 77.6 Å². The number of hydrogen-bond donors (Lipinski definition) is 2. The maximum absolute atomic E-state index is 12.5. The molecule has 3 aromatic rings. The Morgan fingerprint density at radius 2 is 1.67 bits per heavy atom. The van der Waals surface area contributed by atoms with Gasteiger partial charge in [0.25, 0.3) is 5.91 Å². The van der Waals surface area contributed by atoms with Crippen molar-refractivity contribution in [2.75, 3.05) is 5.32 Å². The van der Waals surface area contributed by atoms with E-state index in [9.17, 15) is 14.7 Å². The molecule has 0 aliphatic carbocycles. The zero-order valence-corrected chi connectivity index (χ0v) is 12.9. The summed E-state index contributed by atoms with van der Waals surface area (Å²) in [4.78, 5) is 23.7. The number of carbonyl (C=O) groups is 2. The van der Waals surface area contributed by atoms with Crippen LogP contribution in [0, 0.1) is 6.92 Å². The molecule has 1 heterocycles. The summed E-state index contributed by atoms with van der Waals surface area (Å²) in [6, 6.07) is 15.7. The van der Waals surface area contributed by atoms with Crippen molar-refractivity contribution in [2.45, 2.75) is 6.92 Å². The first-order valence-electron chi connectivity index (χ1n) is 7.31. The van der Waals surface area contributed by atoms with Crippen molar-refractivity contribution < 1.29 is 14.7 Å². The molecule has 1 amide bonds. The first-order chi connectivity index (χ1) is 11.6. The SMILES string of the molecule is Cc1c(C(=O)Nc2ccccc2C(=O)O)cnn1-c1ccccc1. The molecule has 1 aromatic heterocycles.